The van der Waals surface area contributed by atoms with E-state index in [-0.39, 0.29) is 24.0 Å². The fraction of sp³-hybridized carbons (Fsp3) is 0.300. The average Bonchev–Trinajstić information content (AvgIpc) is 3.55. The average molecular weight is 565 g/mol. The zero-order valence-corrected chi connectivity index (χ0v) is 22.7. The molecular formula is C30H28N8O4. The number of aromatic nitrogens is 4. The van der Waals surface area contributed by atoms with Gasteiger partial charge in [-0.15, -0.1) is 0 Å². The van der Waals surface area contributed by atoms with Gasteiger partial charge in [-0.1, -0.05) is 12.1 Å². The van der Waals surface area contributed by atoms with Crippen LogP contribution in [0, 0.1) is 0 Å². The summed E-state index contributed by atoms with van der Waals surface area (Å²) in [6.07, 6.45) is 6.79. The van der Waals surface area contributed by atoms with Crippen molar-refractivity contribution >= 4 is 40.3 Å². The Hall–Kier alpha value is -4.97. The molecule has 42 heavy (non-hydrogen) atoms. The zero-order valence-electron chi connectivity index (χ0n) is 22.7. The third-order valence-corrected chi connectivity index (χ3v) is 8.08. The highest BCUT2D eigenvalue weighted by molar-refractivity contribution is 6.23. The van der Waals surface area contributed by atoms with Crippen LogP contribution in [0.4, 0.5) is 5.69 Å². The zero-order chi connectivity index (χ0) is 28.8. The minimum absolute atomic E-state index is 0.0951. The lowest BCUT2D eigenvalue weighted by Gasteiger charge is -2.39. The number of carbonyl (C=O) groups is 4. The number of fused-ring (bicyclic) bond motifs is 2. The second-order valence-electron chi connectivity index (χ2n) is 10.9. The first kappa shape index (κ1) is 26.0. The van der Waals surface area contributed by atoms with Gasteiger partial charge in [0.05, 0.1) is 46.3 Å². The molecule has 5 heterocycles. The van der Waals surface area contributed by atoms with Gasteiger partial charge in [0, 0.05) is 43.5 Å². The molecule has 7 rings (SSSR count). The Bertz CT molecular complexity index is 1740. The largest absolute Gasteiger partial charge is 0.385 e. The number of carbonyl (C=O) groups excluding carboxylic acids is 4. The summed E-state index contributed by atoms with van der Waals surface area (Å²) in [7, 11) is 0. The third-order valence-electron chi connectivity index (χ3n) is 8.08. The Morgan fingerprint density at radius 3 is 2.60 bits per heavy atom. The second-order valence-corrected chi connectivity index (χ2v) is 10.9. The molecule has 12 heteroatoms. The second kappa shape index (κ2) is 10.5. The van der Waals surface area contributed by atoms with Crippen LogP contribution in [0.2, 0.25) is 0 Å². The highest BCUT2D eigenvalue weighted by Gasteiger charge is 2.44. The van der Waals surface area contributed by atoms with E-state index < -0.39 is 29.7 Å². The number of nitrogens with zero attached hydrogens (tertiary/aromatic N) is 6. The molecule has 12 nitrogen and oxygen atoms in total. The maximum atomic E-state index is 13.0. The van der Waals surface area contributed by atoms with Crippen molar-refractivity contribution in [1.82, 2.24) is 34.9 Å². The van der Waals surface area contributed by atoms with Crippen molar-refractivity contribution in [3.63, 3.8) is 0 Å². The number of likely N-dealkylation sites (tertiary alicyclic amines) is 1. The molecule has 2 N–H and O–H groups in total. The topological polar surface area (TPSA) is 142 Å². The Morgan fingerprint density at radius 1 is 0.952 bits per heavy atom. The van der Waals surface area contributed by atoms with E-state index in [1.54, 1.807) is 24.4 Å². The predicted octanol–water partition coefficient (Wildman–Crippen LogP) is 2.25. The summed E-state index contributed by atoms with van der Waals surface area (Å²) in [5.41, 5.74) is 4.77. The van der Waals surface area contributed by atoms with Gasteiger partial charge in [-0.3, -0.25) is 44.0 Å². The van der Waals surface area contributed by atoms with Crippen LogP contribution in [0.1, 0.15) is 46.0 Å². The number of nitrogens with one attached hydrogen (secondary N) is 2. The van der Waals surface area contributed by atoms with Gasteiger partial charge in [0.1, 0.15) is 6.04 Å². The van der Waals surface area contributed by atoms with E-state index in [2.05, 4.69) is 25.6 Å². The Kier molecular flexibility index (Phi) is 6.46. The van der Waals surface area contributed by atoms with Crippen molar-refractivity contribution < 1.29 is 19.2 Å². The number of piperidine rings is 1. The molecule has 3 aliphatic rings. The molecule has 4 amide bonds. The summed E-state index contributed by atoms with van der Waals surface area (Å²) in [6.45, 7) is 3.44. The molecule has 2 aromatic heterocycles. The molecule has 1 unspecified atom stereocenters. The summed E-state index contributed by atoms with van der Waals surface area (Å²) in [5, 5.41) is 10.1. The van der Waals surface area contributed by atoms with Crippen LogP contribution in [-0.2, 0) is 9.59 Å². The predicted molar refractivity (Wildman–Crippen MR) is 152 cm³/mol. The normalized spacial score (nSPS) is 19.2. The highest BCUT2D eigenvalue weighted by atomic mass is 16.2. The van der Waals surface area contributed by atoms with Gasteiger partial charge in [0.25, 0.3) is 11.8 Å². The van der Waals surface area contributed by atoms with Crippen molar-refractivity contribution in [2.45, 2.75) is 31.3 Å². The monoisotopic (exact) mass is 564 g/mol. The first-order chi connectivity index (χ1) is 20.4. The quantitative estimate of drug-likeness (QED) is 0.243. The maximum Gasteiger partial charge on any atom is 0.262 e. The summed E-state index contributed by atoms with van der Waals surface area (Å²) in [4.78, 5) is 62.2. The number of imide groups is 2. The first-order valence-electron chi connectivity index (χ1n) is 14.0. The lowest BCUT2D eigenvalue weighted by atomic mass is 10.0. The fourth-order valence-electron chi connectivity index (χ4n) is 5.78. The number of para-hydroxylation sites is 2. The molecule has 2 fully saturated rings. The SMILES string of the molecule is O=C1CCC(N2C(=O)c3ccc(NCCCN4CC(n5cc(-c6cnc7ccccc7n6)cn5)C4)cc3C2=O)C(=O)N1. The molecular weight excluding hydrogens is 536 g/mol. The van der Waals surface area contributed by atoms with Gasteiger partial charge in [-0.2, -0.15) is 5.10 Å². The summed E-state index contributed by atoms with van der Waals surface area (Å²) < 4.78 is 2.00. The van der Waals surface area contributed by atoms with Crippen molar-refractivity contribution in [2.24, 2.45) is 0 Å². The van der Waals surface area contributed by atoms with Crippen molar-refractivity contribution in [3.8, 4) is 11.3 Å². The Morgan fingerprint density at radius 2 is 1.76 bits per heavy atom. The molecule has 0 spiro atoms. The van der Waals surface area contributed by atoms with Gasteiger partial charge in [0.2, 0.25) is 11.8 Å². The van der Waals surface area contributed by atoms with Crippen LogP contribution in [0.5, 0.6) is 0 Å². The molecule has 3 aliphatic heterocycles. The molecule has 0 saturated carbocycles. The van der Waals surface area contributed by atoms with Gasteiger partial charge in [-0.25, -0.2) is 4.98 Å². The number of amides is 4. The molecule has 2 saturated heterocycles. The van der Waals surface area contributed by atoms with E-state index >= 15 is 0 Å². The van der Waals surface area contributed by atoms with Crippen LogP contribution < -0.4 is 10.6 Å². The van der Waals surface area contributed by atoms with Crippen molar-refractivity contribution in [1.29, 1.82) is 0 Å². The smallest absolute Gasteiger partial charge is 0.262 e. The number of benzene rings is 2. The van der Waals surface area contributed by atoms with Gasteiger partial charge < -0.3 is 5.32 Å². The maximum absolute atomic E-state index is 13.0. The number of hydrogen-bond donors (Lipinski definition) is 2. The lowest BCUT2D eigenvalue weighted by Crippen LogP contribution is -2.54. The van der Waals surface area contributed by atoms with E-state index in [1.165, 1.54) is 0 Å². The van der Waals surface area contributed by atoms with Crippen molar-refractivity contribution in [2.75, 3.05) is 31.5 Å². The van der Waals surface area contributed by atoms with Gasteiger partial charge in [-0.05, 0) is 49.7 Å². The molecule has 0 aliphatic carbocycles. The van der Waals surface area contributed by atoms with E-state index in [9.17, 15) is 19.2 Å². The molecule has 2 aromatic carbocycles. The summed E-state index contributed by atoms with van der Waals surface area (Å²) in [5.74, 6) is -2.01. The van der Waals surface area contributed by atoms with Crippen LogP contribution in [0.3, 0.4) is 0 Å². The molecule has 1 atom stereocenters. The van der Waals surface area contributed by atoms with Crippen molar-refractivity contribution in [3.05, 3.63) is 72.2 Å². The summed E-state index contributed by atoms with van der Waals surface area (Å²) >= 11 is 0. The van der Waals surface area contributed by atoms with E-state index in [4.69, 9.17) is 4.98 Å². The molecule has 0 radical (unpaired) electrons. The minimum Gasteiger partial charge on any atom is -0.385 e. The lowest BCUT2D eigenvalue weighted by molar-refractivity contribution is -0.136. The third kappa shape index (κ3) is 4.69. The van der Waals surface area contributed by atoms with E-state index in [0.29, 0.717) is 12.6 Å². The Balaban J connectivity index is 0.889. The molecule has 4 aromatic rings. The molecule has 0 bridgehead atoms. The fourth-order valence-corrected chi connectivity index (χ4v) is 5.78. The highest BCUT2D eigenvalue weighted by Crippen LogP contribution is 2.30. The molecule has 212 valence electrons. The Labute approximate surface area is 240 Å². The van der Waals surface area contributed by atoms with E-state index in [0.717, 1.165) is 58.9 Å². The van der Waals surface area contributed by atoms with Crippen LogP contribution in [0.25, 0.3) is 22.3 Å². The van der Waals surface area contributed by atoms with Gasteiger partial charge in [0.15, 0.2) is 0 Å². The number of hydrogen-bond acceptors (Lipinski definition) is 9. The number of anilines is 1. The van der Waals surface area contributed by atoms with Crippen LogP contribution in [-0.4, -0.2) is 85.4 Å². The summed E-state index contributed by atoms with van der Waals surface area (Å²) in [6, 6.07) is 12.2. The standard InChI is InChI=1S/C30H28N8O4/c39-27-9-8-26(28(40)35-27)38-29(41)21-7-6-19(12-22(21)30(38)42)31-10-3-11-36-16-20(17-36)37-15-18(13-33-37)25-14-32-23-4-1-2-5-24(23)34-25/h1-2,4-7,12-15,20,26,31H,3,8-11,16-17H2,(H,35,39,40). The van der Waals surface area contributed by atoms with Gasteiger partial charge >= 0.3 is 0 Å². The first-order valence-corrected chi connectivity index (χ1v) is 14.0. The van der Waals surface area contributed by atoms with E-state index in [1.807, 2.05) is 41.3 Å². The number of rotatable bonds is 8. The van der Waals surface area contributed by atoms with Crippen LogP contribution in [0.15, 0.2) is 61.1 Å². The van der Waals surface area contributed by atoms with Crippen LogP contribution >= 0.6 is 0 Å². The minimum atomic E-state index is -0.965.